The fourth-order valence-electron chi connectivity index (χ4n) is 4.08. The highest BCUT2D eigenvalue weighted by molar-refractivity contribution is 6.39. The quantitative estimate of drug-likeness (QED) is 0.651. The molecule has 0 bridgehead atoms. The maximum Gasteiger partial charge on any atom is 0.313 e. The minimum absolute atomic E-state index is 0.0889. The van der Waals surface area contributed by atoms with Crippen LogP contribution in [0.5, 0.6) is 0 Å². The molecular weight excluding hydrogens is 400 g/mol. The predicted octanol–water partition coefficient (Wildman–Crippen LogP) is 3.43. The second kappa shape index (κ2) is 9.90. The number of nitrogens with one attached hydrogen (secondary N) is 1. The van der Waals surface area contributed by atoms with E-state index in [-0.39, 0.29) is 6.04 Å². The van der Waals surface area contributed by atoms with Crippen molar-refractivity contribution in [3.8, 4) is 6.07 Å². The van der Waals surface area contributed by atoms with Gasteiger partial charge in [-0.15, -0.1) is 0 Å². The summed E-state index contributed by atoms with van der Waals surface area (Å²) in [6, 6.07) is 29.4. The lowest BCUT2D eigenvalue weighted by Crippen LogP contribution is -2.52. The van der Waals surface area contributed by atoms with Crippen LogP contribution in [-0.2, 0) is 9.59 Å². The van der Waals surface area contributed by atoms with Gasteiger partial charge in [0.15, 0.2) is 0 Å². The summed E-state index contributed by atoms with van der Waals surface area (Å²) in [6.45, 7) is 2.23. The van der Waals surface area contributed by atoms with Crippen LogP contribution in [0.2, 0.25) is 0 Å². The van der Waals surface area contributed by atoms with Gasteiger partial charge in [0.2, 0.25) is 0 Å². The fourth-order valence-corrected chi connectivity index (χ4v) is 4.08. The third kappa shape index (κ3) is 4.69. The molecular formula is C26H24N4O2. The summed E-state index contributed by atoms with van der Waals surface area (Å²) in [6.07, 6.45) is 0. The Hall–Kier alpha value is -3.95. The normalized spacial score (nSPS) is 14.1. The zero-order valence-electron chi connectivity index (χ0n) is 17.6. The number of benzene rings is 3. The molecule has 0 unspecified atom stereocenters. The Morgan fingerprint density at radius 2 is 1.31 bits per heavy atom. The molecule has 0 aromatic heterocycles. The summed E-state index contributed by atoms with van der Waals surface area (Å²) >= 11 is 0. The Bertz CT molecular complexity index is 1080. The molecule has 2 amide bonds. The highest BCUT2D eigenvalue weighted by Crippen LogP contribution is 2.29. The first kappa shape index (κ1) is 21.3. The highest BCUT2D eigenvalue weighted by Gasteiger charge is 2.30. The van der Waals surface area contributed by atoms with Gasteiger partial charge in [-0.3, -0.25) is 14.5 Å². The van der Waals surface area contributed by atoms with Gasteiger partial charge in [0.25, 0.3) is 0 Å². The molecule has 160 valence electrons. The van der Waals surface area contributed by atoms with Crippen LogP contribution < -0.4 is 5.32 Å². The zero-order valence-corrected chi connectivity index (χ0v) is 17.6. The monoisotopic (exact) mass is 424 g/mol. The number of carbonyl (C=O) groups is 2. The van der Waals surface area contributed by atoms with Crippen molar-refractivity contribution < 1.29 is 9.59 Å². The number of amides is 2. The second-order valence-corrected chi connectivity index (χ2v) is 7.66. The molecule has 32 heavy (non-hydrogen) atoms. The topological polar surface area (TPSA) is 76.4 Å². The Balaban J connectivity index is 1.44. The standard InChI is InChI=1S/C26H24N4O2/c27-19-22-13-7-8-14-23(22)28-25(31)26(32)30-17-15-29(16-18-30)24(20-9-3-1-4-10-20)21-11-5-2-6-12-21/h1-14,24H,15-18H2,(H,28,31). The number of nitriles is 1. The van der Waals surface area contributed by atoms with Crippen LogP contribution in [0.25, 0.3) is 0 Å². The van der Waals surface area contributed by atoms with Gasteiger partial charge in [-0.25, -0.2) is 0 Å². The van der Waals surface area contributed by atoms with E-state index in [1.54, 1.807) is 29.2 Å². The number of anilines is 1. The average Bonchev–Trinajstić information content (AvgIpc) is 2.86. The fraction of sp³-hybridized carbons (Fsp3) is 0.192. The molecule has 4 rings (SSSR count). The second-order valence-electron chi connectivity index (χ2n) is 7.66. The number of piperazine rings is 1. The van der Waals surface area contributed by atoms with Gasteiger partial charge in [0, 0.05) is 26.2 Å². The molecule has 3 aromatic carbocycles. The van der Waals surface area contributed by atoms with Crippen molar-refractivity contribution in [2.75, 3.05) is 31.5 Å². The van der Waals surface area contributed by atoms with Gasteiger partial charge in [-0.1, -0.05) is 72.8 Å². The van der Waals surface area contributed by atoms with Gasteiger partial charge in [-0.2, -0.15) is 5.26 Å². The number of hydrogen-bond acceptors (Lipinski definition) is 4. The minimum atomic E-state index is -0.719. The summed E-state index contributed by atoms with van der Waals surface area (Å²) in [5, 5.41) is 11.8. The lowest BCUT2D eigenvalue weighted by atomic mass is 9.96. The van der Waals surface area contributed by atoms with E-state index in [0.29, 0.717) is 37.4 Å². The van der Waals surface area contributed by atoms with E-state index >= 15 is 0 Å². The van der Waals surface area contributed by atoms with Crippen LogP contribution in [0.15, 0.2) is 84.9 Å². The lowest BCUT2D eigenvalue weighted by Gasteiger charge is -2.39. The SMILES string of the molecule is N#Cc1ccccc1NC(=O)C(=O)N1CCN(C(c2ccccc2)c2ccccc2)CC1. The lowest BCUT2D eigenvalue weighted by molar-refractivity contribution is -0.144. The van der Waals surface area contributed by atoms with E-state index in [4.69, 9.17) is 0 Å². The number of hydrogen-bond donors (Lipinski definition) is 1. The van der Waals surface area contributed by atoms with E-state index in [2.05, 4.69) is 34.5 Å². The van der Waals surface area contributed by atoms with Crippen molar-refractivity contribution in [1.29, 1.82) is 5.26 Å². The average molecular weight is 425 g/mol. The molecule has 1 saturated heterocycles. The number of para-hydroxylation sites is 1. The van der Waals surface area contributed by atoms with Crippen LogP contribution in [0.3, 0.4) is 0 Å². The summed E-state index contributed by atoms with van der Waals surface area (Å²) in [5.41, 5.74) is 3.07. The van der Waals surface area contributed by atoms with E-state index in [1.807, 2.05) is 42.5 Å². The van der Waals surface area contributed by atoms with Crippen molar-refractivity contribution in [2.45, 2.75) is 6.04 Å². The Morgan fingerprint density at radius 3 is 1.88 bits per heavy atom. The predicted molar refractivity (Wildman–Crippen MR) is 123 cm³/mol. The Morgan fingerprint density at radius 1 is 0.781 bits per heavy atom. The van der Waals surface area contributed by atoms with Crippen molar-refractivity contribution in [3.05, 3.63) is 102 Å². The first-order chi connectivity index (χ1) is 15.7. The van der Waals surface area contributed by atoms with Crippen molar-refractivity contribution in [2.24, 2.45) is 0 Å². The van der Waals surface area contributed by atoms with E-state index < -0.39 is 11.8 Å². The van der Waals surface area contributed by atoms with Crippen LogP contribution in [0.1, 0.15) is 22.7 Å². The largest absolute Gasteiger partial charge is 0.332 e. The molecule has 0 atom stereocenters. The van der Waals surface area contributed by atoms with E-state index in [0.717, 1.165) is 0 Å². The zero-order chi connectivity index (χ0) is 22.3. The van der Waals surface area contributed by atoms with Crippen molar-refractivity contribution in [3.63, 3.8) is 0 Å². The summed E-state index contributed by atoms with van der Waals surface area (Å²) in [4.78, 5) is 29.2. The van der Waals surface area contributed by atoms with E-state index in [1.165, 1.54) is 11.1 Å². The smallest absolute Gasteiger partial charge is 0.313 e. The molecule has 0 saturated carbocycles. The number of carbonyl (C=O) groups excluding carboxylic acids is 2. The van der Waals surface area contributed by atoms with Crippen molar-refractivity contribution >= 4 is 17.5 Å². The molecule has 1 heterocycles. The van der Waals surface area contributed by atoms with Gasteiger partial charge in [0.05, 0.1) is 17.3 Å². The molecule has 6 heteroatoms. The summed E-state index contributed by atoms with van der Waals surface area (Å²) in [7, 11) is 0. The van der Waals surface area contributed by atoms with Gasteiger partial charge in [-0.05, 0) is 23.3 Å². The first-order valence-corrected chi connectivity index (χ1v) is 10.6. The molecule has 3 aromatic rings. The molecule has 0 spiro atoms. The molecule has 0 radical (unpaired) electrons. The van der Waals surface area contributed by atoms with Gasteiger partial charge in [0.1, 0.15) is 6.07 Å². The number of rotatable bonds is 4. The number of nitrogens with zero attached hydrogens (tertiary/aromatic N) is 3. The van der Waals surface area contributed by atoms with Crippen LogP contribution in [-0.4, -0.2) is 47.8 Å². The highest BCUT2D eigenvalue weighted by atomic mass is 16.2. The summed E-state index contributed by atoms with van der Waals surface area (Å²) in [5.74, 6) is -1.29. The maximum atomic E-state index is 12.7. The van der Waals surface area contributed by atoms with Crippen LogP contribution in [0.4, 0.5) is 5.69 Å². The molecule has 1 N–H and O–H groups in total. The third-order valence-electron chi connectivity index (χ3n) is 5.69. The third-order valence-corrected chi connectivity index (χ3v) is 5.69. The Labute approximate surface area is 187 Å². The molecule has 1 fully saturated rings. The molecule has 1 aliphatic heterocycles. The van der Waals surface area contributed by atoms with Gasteiger partial charge >= 0.3 is 11.8 Å². The van der Waals surface area contributed by atoms with Crippen molar-refractivity contribution in [1.82, 2.24) is 9.80 Å². The van der Waals surface area contributed by atoms with E-state index in [9.17, 15) is 14.9 Å². The first-order valence-electron chi connectivity index (χ1n) is 10.6. The summed E-state index contributed by atoms with van der Waals surface area (Å²) < 4.78 is 0. The molecule has 6 nitrogen and oxygen atoms in total. The minimum Gasteiger partial charge on any atom is -0.332 e. The maximum absolute atomic E-state index is 12.7. The molecule has 0 aliphatic carbocycles. The molecule has 1 aliphatic rings. The van der Waals surface area contributed by atoms with Crippen LogP contribution in [0, 0.1) is 11.3 Å². The van der Waals surface area contributed by atoms with Crippen LogP contribution >= 0.6 is 0 Å². The Kier molecular flexibility index (Phi) is 6.59. The van der Waals surface area contributed by atoms with Gasteiger partial charge < -0.3 is 10.2 Å².